The van der Waals surface area contributed by atoms with E-state index in [1.807, 2.05) is 19.1 Å². The van der Waals surface area contributed by atoms with Gasteiger partial charge in [-0.2, -0.15) is 0 Å². The summed E-state index contributed by atoms with van der Waals surface area (Å²) in [7, 11) is 0. The lowest BCUT2D eigenvalue weighted by Gasteiger charge is -1.99. The molecule has 0 atom stereocenters. The van der Waals surface area contributed by atoms with Gasteiger partial charge in [0.2, 0.25) is 0 Å². The first kappa shape index (κ1) is 10.2. The lowest BCUT2D eigenvalue weighted by Crippen LogP contribution is -1.87. The third-order valence-corrected chi connectivity index (χ3v) is 2.94. The fraction of sp³-hybridized carbons (Fsp3) is 0.200. The highest BCUT2D eigenvalue weighted by molar-refractivity contribution is 5.85. The van der Waals surface area contributed by atoms with E-state index < -0.39 is 0 Å². The molecule has 84 valence electrons. The van der Waals surface area contributed by atoms with Crippen molar-refractivity contribution in [2.75, 3.05) is 0 Å². The van der Waals surface area contributed by atoms with Crippen LogP contribution in [0.25, 0.3) is 17.0 Å². The summed E-state index contributed by atoms with van der Waals surface area (Å²) in [6, 6.07) is 5.00. The van der Waals surface area contributed by atoms with Gasteiger partial charge in [0, 0.05) is 23.8 Å². The van der Waals surface area contributed by atoms with Crippen molar-refractivity contribution in [1.82, 2.24) is 0 Å². The Kier molecular flexibility index (Phi) is 2.26. The van der Waals surface area contributed by atoms with Crippen LogP contribution in [0.3, 0.4) is 0 Å². The van der Waals surface area contributed by atoms with Crippen molar-refractivity contribution in [3.8, 4) is 11.8 Å². The average Bonchev–Trinajstić information content (AvgIpc) is 2.61. The molecule has 0 spiro atoms. The zero-order valence-corrected chi connectivity index (χ0v) is 9.51. The van der Waals surface area contributed by atoms with E-state index in [0.29, 0.717) is 12.0 Å². The summed E-state index contributed by atoms with van der Waals surface area (Å²) in [5.74, 6) is 6.63. The minimum atomic E-state index is -0.312. The zero-order chi connectivity index (χ0) is 11.8. The van der Waals surface area contributed by atoms with Crippen molar-refractivity contribution in [2.45, 2.75) is 19.8 Å². The number of benzene rings is 1. The quantitative estimate of drug-likeness (QED) is 0.620. The van der Waals surface area contributed by atoms with Crippen molar-refractivity contribution < 1.29 is 8.81 Å². The molecule has 2 aromatic rings. The van der Waals surface area contributed by atoms with Crippen LogP contribution in [0.1, 0.15) is 24.7 Å². The largest absolute Gasteiger partial charge is 0.453 e. The zero-order valence-electron chi connectivity index (χ0n) is 9.51. The predicted molar refractivity (Wildman–Crippen MR) is 65.9 cm³/mol. The molecule has 1 aromatic heterocycles. The van der Waals surface area contributed by atoms with Gasteiger partial charge in [0.15, 0.2) is 11.4 Å². The fourth-order valence-electron chi connectivity index (χ4n) is 2.08. The van der Waals surface area contributed by atoms with E-state index in [2.05, 4.69) is 11.8 Å². The molecule has 2 heteroatoms. The second-order valence-electron chi connectivity index (χ2n) is 4.26. The number of furan rings is 1. The first-order valence-electron chi connectivity index (χ1n) is 5.58. The molecule has 0 fully saturated rings. The molecule has 3 rings (SSSR count). The summed E-state index contributed by atoms with van der Waals surface area (Å²) < 4.78 is 19.2. The molecular weight excluding hydrogens is 215 g/mol. The standard InChI is InChI=1S/C15H11FO/c1-10-5-2-3-6-11-12-7-4-8-13(16)15(12)17-14(11)9-10/h4,7-9H,5-6H2,1H3/b10-9-. The fourth-order valence-corrected chi connectivity index (χ4v) is 2.08. The Bertz CT molecular complexity index is 680. The third-order valence-electron chi connectivity index (χ3n) is 2.94. The van der Waals surface area contributed by atoms with Crippen molar-refractivity contribution in [3.63, 3.8) is 0 Å². The topological polar surface area (TPSA) is 13.1 Å². The number of hydrogen-bond donors (Lipinski definition) is 0. The molecule has 0 radical (unpaired) electrons. The molecule has 1 heterocycles. The van der Waals surface area contributed by atoms with E-state index in [9.17, 15) is 4.39 Å². The van der Waals surface area contributed by atoms with Crippen LogP contribution < -0.4 is 0 Å². The Morgan fingerprint density at radius 1 is 1.24 bits per heavy atom. The predicted octanol–water partition coefficient (Wildman–Crippen LogP) is 3.92. The molecule has 0 saturated heterocycles. The Labute approximate surface area is 98.9 Å². The van der Waals surface area contributed by atoms with Crippen LogP contribution in [-0.2, 0) is 6.42 Å². The molecule has 0 N–H and O–H groups in total. The molecule has 1 nitrogen and oxygen atoms in total. The summed E-state index contributed by atoms with van der Waals surface area (Å²) in [6.45, 7) is 2.01. The Morgan fingerprint density at radius 2 is 2.06 bits per heavy atom. The minimum absolute atomic E-state index is 0.312. The number of para-hydroxylation sites is 1. The monoisotopic (exact) mass is 226 g/mol. The number of allylic oxidation sites excluding steroid dienone is 1. The SMILES string of the molecule is C/C1=C/c2oc3c(F)cccc3c2CC#CC1. The molecule has 0 bridgehead atoms. The van der Waals surface area contributed by atoms with E-state index in [0.717, 1.165) is 28.7 Å². The maximum absolute atomic E-state index is 13.6. The second kappa shape index (κ2) is 3.78. The number of rotatable bonds is 0. The van der Waals surface area contributed by atoms with Gasteiger partial charge in [0.25, 0.3) is 0 Å². The third kappa shape index (κ3) is 1.64. The molecule has 1 aliphatic carbocycles. The number of halogens is 1. The Balaban J connectivity index is 2.34. The van der Waals surface area contributed by atoms with Gasteiger partial charge in [-0.15, -0.1) is 0 Å². The molecule has 0 amide bonds. The molecule has 0 saturated carbocycles. The van der Waals surface area contributed by atoms with Gasteiger partial charge >= 0.3 is 0 Å². The van der Waals surface area contributed by atoms with Gasteiger partial charge in [-0.25, -0.2) is 4.39 Å². The molecule has 0 aliphatic heterocycles. The summed E-state index contributed by atoms with van der Waals surface area (Å²) in [5.41, 5.74) is 2.47. The molecule has 0 unspecified atom stereocenters. The Hall–Kier alpha value is -2.01. The lowest BCUT2D eigenvalue weighted by atomic mass is 10.0. The van der Waals surface area contributed by atoms with E-state index in [4.69, 9.17) is 4.42 Å². The van der Waals surface area contributed by atoms with E-state index in [-0.39, 0.29) is 5.82 Å². The van der Waals surface area contributed by atoms with Crippen molar-refractivity contribution in [1.29, 1.82) is 0 Å². The van der Waals surface area contributed by atoms with Crippen LogP contribution in [0.5, 0.6) is 0 Å². The van der Waals surface area contributed by atoms with Crippen LogP contribution in [0.15, 0.2) is 28.2 Å². The smallest absolute Gasteiger partial charge is 0.170 e. The van der Waals surface area contributed by atoms with Crippen LogP contribution in [-0.4, -0.2) is 0 Å². The average molecular weight is 226 g/mol. The van der Waals surface area contributed by atoms with Crippen molar-refractivity contribution >= 4 is 17.0 Å². The molecule has 1 aliphatic rings. The van der Waals surface area contributed by atoms with Gasteiger partial charge in [-0.1, -0.05) is 29.5 Å². The van der Waals surface area contributed by atoms with E-state index in [1.54, 1.807) is 6.07 Å². The Morgan fingerprint density at radius 3 is 2.94 bits per heavy atom. The van der Waals surface area contributed by atoms with Gasteiger partial charge in [-0.3, -0.25) is 0 Å². The summed E-state index contributed by atoms with van der Waals surface area (Å²) in [5, 5.41) is 0.834. The van der Waals surface area contributed by atoms with Gasteiger partial charge in [-0.05, 0) is 19.1 Å². The van der Waals surface area contributed by atoms with Crippen LogP contribution in [0, 0.1) is 17.7 Å². The minimum Gasteiger partial charge on any atom is -0.453 e. The highest BCUT2D eigenvalue weighted by Gasteiger charge is 2.15. The van der Waals surface area contributed by atoms with E-state index >= 15 is 0 Å². The highest BCUT2D eigenvalue weighted by atomic mass is 19.1. The lowest BCUT2D eigenvalue weighted by molar-refractivity contribution is 0.552. The maximum Gasteiger partial charge on any atom is 0.170 e. The van der Waals surface area contributed by atoms with Crippen LogP contribution in [0.4, 0.5) is 4.39 Å². The van der Waals surface area contributed by atoms with Gasteiger partial charge in [0.05, 0.1) is 0 Å². The van der Waals surface area contributed by atoms with Gasteiger partial charge in [0.1, 0.15) is 5.76 Å². The van der Waals surface area contributed by atoms with Crippen molar-refractivity contribution in [3.05, 3.63) is 40.9 Å². The first-order valence-corrected chi connectivity index (χ1v) is 5.58. The van der Waals surface area contributed by atoms with E-state index in [1.165, 1.54) is 6.07 Å². The van der Waals surface area contributed by atoms with Crippen LogP contribution >= 0.6 is 0 Å². The highest BCUT2D eigenvalue weighted by Crippen LogP contribution is 2.30. The summed E-state index contributed by atoms with van der Waals surface area (Å²) >= 11 is 0. The summed E-state index contributed by atoms with van der Waals surface area (Å²) in [4.78, 5) is 0. The van der Waals surface area contributed by atoms with Gasteiger partial charge < -0.3 is 4.42 Å². The molecule has 17 heavy (non-hydrogen) atoms. The number of fused-ring (bicyclic) bond motifs is 3. The first-order chi connectivity index (χ1) is 8.25. The summed E-state index contributed by atoms with van der Waals surface area (Å²) in [6.07, 6.45) is 3.33. The number of hydrogen-bond acceptors (Lipinski definition) is 1. The normalized spacial score (nSPS) is 17.4. The second-order valence-corrected chi connectivity index (χ2v) is 4.26. The van der Waals surface area contributed by atoms with Crippen LogP contribution in [0.2, 0.25) is 0 Å². The molecule has 1 aromatic carbocycles. The molecular formula is C15H11FO. The maximum atomic E-state index is 13.6. The van der Waals surface area contributed by atoms with Crippen molar-refractivity contribution in [2.24, 2.45) is 0 Å².